The number of nitrogens with zero attached hydrogens (tertiary/aromatic N) is 1. The zero-order chi connectivity index (χ0) is 12.9. The van der Waals surface area contributed by atoms with Gasteiger partial charge in [-0.3, -0.25) is 4.98 Å². The maximum Gasteiger partial charge on any atom is 0.242 e. The van der Waals surface area contributed by atoms with Crippen molar-refractivity contribution < 1.29 is 8.42 Å². The van der Waals surface area contributed by atoms with Gasteiger partial charge in [0.25, 0.3) is 0 Å². The number of rotatable bonds is 6. The number of hydrogen-bond acceptors (Lipinski definition) is 3. The Bertz CT molecular complexity index is 458. The molecule has 17 heavy (non-hydrogen) atoms. The molecule has 0 atom stereocenters. The van der Waals surface area contributed by atoms with Gasteiger partial charge in [0.1, 0.15) is 4.90 Å². The maximum atomic E-state index is 11.9. The maximum absolute atomic E-state index is 11.9. The monoisotopic (exact) mass is 320 g/mol. The van der Waals surface area contributed by atoms with Crippen LogP contribution < -0.4 is 4.72 Å². The van der Waals surface area contributed by atoms with E-state index in [1.54, 1.807) is 12.3 Å². The summed E-state index contributed by atoms with van der Waals surface area (Å²) in [7, 11) is -3.44. The summed E-state index contributed by atoms with van der Waals surface area (Å²) < 4.78 is 27.2. The van der Waals surface area contributed by atoms with Crippen LogP contribution in [-0.2, 0) is 10.0 Å². The highest BCUT2D eigenvalue weighted by Gasteiger charge is 2.16. The van der Waals surface area contributed by atoms with Crippen LogP contribution >= 0.6 is 15.9 Å². The first-order valence-corrected chi connectivity index (χ1v) is 7.87. The molecule has 1 aromatic rings. The highest BCUT2D eigenvalue weighted by Crippen LogP contribution is 2.15. The van der Waals surface area contributed by atoms with Crippen molar-refractivity contribution in [3.63, 3.8) is 0 Å². The van der Waals surface area contributed by atoms with Crippen LogP contribution in [-0.4, -0.2) is 19.9 Å². The molecule has 6 heteroatoms. The van der Waals surface area contributed by atoms with Crippen LogP contribution in [0.4, 0.5) is 0 Å². The molecule has 0 amide bonds. The lowest BCUT2D eigenvalue weighted by molar-refractivity contribution is 0.479. The summed E-state index contributed by atoms with van der Waals surface area (Å²) in [6.07, 6.45) is 4.84. The van der Waals surface area contributed by atoms with Crippen LogP contribution in [0.5, 0.6) is 0 Å². The third-order valence-electron chi connectivity index (χ3n) is 2.71. The van der Waals surface area contributed by atoms with Crippen LogP contribution in [0.2, 0.25) is 0 Å². The number of hydrogen-bond donors (Lipinski definition) is 1. The Morgan fingerprint density at radius 2 is 2.00 bits per heavy atom. The average molecular weight is 321 g/mol. The molecule has 1 rings (SSSR count). The van der Waals surface area contributed by atoms with Gasteiger partial charge in [0, 0.05) is 23.4 Å². The lowest BCUT2D eigenvalue weighted by Crippen LogP contribution is -2.29. The Morgan fingerprint density at radius 3 is 2.53 bits per heavy atom. The van der Waals surface area contributed by atoms with Crippen LogP contribution in [0, 0.1) is 5.92 Å². The van der Waals surface area contributed by atoms with Gasteiger partial charge in [-0.05, 0) is 27.9 Å². The second kappa shape index (κ2) is 6.47. The normalized spacial score (nSPS) is 12.0. The Balaban J connectivity index is 2.76. The summed E-state index contributed by atoms with van der Waals surface area (Å²) in [5, 5.41) is 0. The molecule has 0 saturated heterocycles. The van der Waals surface area contributed by atoms with E-state index in [0.29, 0.717) is 16.9 Å². The summed E-state index contributed by atoms with van der Waals surface area (Å²) in [5.41, 5.74) is 0. The predicted octanol–water partition coefficient (Wildman–Crippen LogP) is 2.56. The molecule has 96 valence electrons. The van der Waals surface area contributed by atoms with E-state index in [1.807, 2.05) is 0 Å². The van der Waals surface area contributed by atoms with Gasteiger partial charge in [-0.2, -0.15) is 0 Å². The van der Waals surface area contributed by atoms with Crippen molar-refractivity contribution in [3.05, 3.63) is 22.9 Å². The van der Waals surface area contributed by atoms with Crippen LogP contribution in [0.1, 0.15) is 26.7 Å². The van der Waals surface area contributed by atoms with Crippen molar-refractivity contribution in [2.45, 2.75) is 31.6 Å². The predicted molar refractivity (Wildman–Crippen MR) is 71.2 cm³/mol. The summed E-state index contributed by atoms with van der Waals surface area (Å²) in [5.74, 6) is 0.380. The second-order valence-corrected chi connectivity index (χ2v) is 6.56. The minimum Gasteiger partial charge on any atom is -0.262 e. The Kier molecular flexibility index (Phi) is 5.55. The van der Waals surface area contributed by atoms with E-state index in [1.165, 1.54) is 6.20 Å². The fourth-order valence-electron chi connectivity index (χ4n) is 1.43. The standard InChI is InChI=1S/C11H17BrN2O2S/c1-3-9(4-2)6-14-17(15,16)11-5-10(12)7-13-8-11/h5,7-9,14H,3-4,6H2,1-2H3. The van der Waals surface area contributed by atoms with Crippen LogP contribution in [0.25, 0.3) is 0 Å². The molecule has 1 aromatic heterocycles. The van der Waals surface area contributed by atoms with Gasteiger partial charge >= 0.3 is 0 Å². The number of aromatic nitrogens is 1. The molecule has 0 spiro atoms. The van der Waals surface area contributed by atoms with E-state index in [-0.39, 0.29) is 4.90 Å². The summed E-state index contributed by atoms with van der Waals surface area (Å²) in [4.78, 5) is 4.04. The van der Waals surface area contributed by atoms with Crippen molar-refractivity contribution >= 4 is 26.0 Å². The van der Waals surface area contributed by atoms with Gasteiger partial charge in [-0.1, -0.05) is 26.7 Å². The first-order valence-electron chi connectivity index (χ1n) is 5.59. The molecule has 1 N–H and O–H groups in total. The van der Waals surface area contributed by atoms with Crippen LogP contribution in [0.3, 0.4) is 0 Å². The summed E-state index contributed by atoms with van der Waals surface area (Å²) >= 11 is 3.21. The van der Waals surface area contributed by atoms with Gasteiger partial charge < -0.3 is 0 Å². The van der Waals surface area contributed by atoms with Gasteiger partial charge in [-0.15, -0.1) is 0 Å². The molecule has 0 radical (unpaired) electrons. The SMILES string of the molecule is CCC(CC)CNS(=O)(=O)c1cncc(Br)c1. The van der Waals surface area contributed by atoms with Crippen molar-refractivity contribution in [1.82, 2.24) is 9.71 Å². The van der Waals surface area contributed by atoms with Crippen molar-refractivity contribution in [2.75, 3.05) is 6.54 Å². The Hall–Kier alpha value is -0.460. The smallest absolute Gasteiger partial charge is 0.242 e. The van der Waals surface area contributed by atoms with Gasteiger partial charge in [0.2, 0.25) is 10.0 Å². The summed E-state index contributed by atoms with van der Waals surface area (Å²) in [6, 6.07) is 1.54. The molecular weight excluding hydrogens is 304 g/mol. The zero-order valence-corrected chi connectivity index (χ0v) is 12.4. The fraction of sp³-hybridized carbons (Fsp3) is 0.545. The molecule has 0 aromatic carbocycles. The van der Waals surface area contributed by atoms with Crippen molar-refractivity contribution in [2.24, 2.45) is 5.92 Å². The molecule has 1 heterocycles. The lowest BCUT2D eigenvalue weighted by Gasteiger charge is -2.13. The van der Waals surface area contributed by atoms with Crippen molar-refractivity contribution in [3.8, 4) is 0 Å². The molecule has 0 saturated carbocycles. The van der Waals surface area contributed by atoms with E-state index < -0.39 is 10.0 Å². The number of halogens is 1. The first kappa shape index (κ1) is 14.6. The quantitative estimate of drug-likeness (QED) is 0.876. The molecule has 4 nitrogen and oxygen atoms in total. The van der Waals surface area contributed by atoms with Crippen LogP contribution in [0.15, 0.2) is 27.8 Å². The van der Waals surface area contributed by atoms with Gasteiger partial charge in [0.05, 0.1) is 0 Å². The minimum absolute atomic E-state index is 0.192. The third kappa shape index (κ3) is 4.37. The topological polar surface area (TPSA) is 59.1 Å². The van der Waals surface area contributed by atoms with E-state index >= 15 is 0 Å². The molecule has 0 unspecified atom stereocenters. The molecule has 0 bridgehead atoms. The average Bonchev–Trinajstić information content (AvgIpc) is 2.30. The van der Waals surface area contributed by atoms with Gasteiger partial charge in [0.15, 0.2) is 0 Å². The molecule has 0 aliphatic carbocycles. The van der Waals surface area contributed by atoms with E-state index in [9.17, 15) is 8.42 Å². The highest BCUT2D eigenvalue weighted by molar-refractivity contribution is 9.10. The first-order chi connectivity index (χ1) is 7.99. The fourth-order valence-corrected chi connectivity index (χ4v) is 3.05. The number of nitrogens with one attached hydrogen (secondary N) is 1. The number of pyridine rings is 1. The molecule has 0 aliphatic heterocycles. The highest BCUT2D eigenvalue weighted by atomic mass is 79.9. The third-order valence-corrected chi connectivity index (χ3v) is 4.53. The Morgan fingerprint density at radius 1 is 1.35 bits per heavy atom. The molecule has 0 fully saturated rings. The Labute approximate surface area is 111 Å². The molecule has 0 aliphatic rings. The van der Waals surface area contributed by atoms with E-state index in [4.69, 9.17) is 0 Å². The van der Waals surface area contributed by atoms with Gasteiger partial charge in [-0.25, -0.2) is 13.1 Å². The summed E-state index contributed by atoms with van der Waals surface area (Å²) in [6.45, 7) is 4.59. The number of sulfonamides is 1. The van der Waals surface area contributed by atoms with E-state index in [2.05, 4.69) is 39.5 Å². The second-order valence-electron chi connectivity index (χ2n) is 3.87. The minimum atomic E-state index is -3.44. The lowest BCUT2D eigenvalue weighted by atomic mass is 10.0. The zero-order valence-electron chi connectivity index (χ0n) is 9.98. The largest absolute Gasteiger partial charge is 0.262 e. The molecular formula is C11H17BrN2O2S. The van der Waals surface area contributed by atoms with E-state index in [0.717, 1.165) is 12.8 Å². The van der Waals surface area contributed by atoms with Crippen molar-refractivity contribution in [1.29, 1.82) is 0 Å².